The molecule has 0 fully saturated rings. The number of fused-ring (bicyclic) bond motifs is 1. The first-order valence-corrected chi connectivity index (χ1v) is 11.2. The molecule has 0 aliphatic heterocycles. The second-order valence-electron chi connectivity index (χ2n) is 7.61. The van der Waals surface area contributed by atoms with Crippen molar-refractivity contribution in [2.45, 2.75) is 19.6 Å². The van der Waals surface area contributed by atoms with Crippen LogP contribution in [0.4, 0.5) is 18.9 Å². The smallest absolute Gasteiger partial charge is 0.418 e. The van der Waals surface area contributed by atoms with Crippen LogP contribution < -0.4 is 10.9 Å². The van der Waals surface area contributed by atoms with Crippen LogP contribution in [-0.4, -0.2) is 25.5 Å². The fourth-order valence-electron chi connectivity index (χ4n) is 3.55. The zero-order valence-corrected chi connectivity index (χ0v) is 20.4. The molecule has 2 aromatic heterocycles. The first-order chi connectivity index (χ1) is 16.9. The Balaban J connectivity index is 1.83. The summed E-state index contributed by atoms with van der Waals surface area (Å²) in [5.74, 6) is -1.03. The highest BCUT2D eigenvalue weighted by atomic mass is 35.5. The Hall–Kier alpha value is -3.34. The van der Waals surface area contributed by atoms with Gasteiger partial charge in [-0.1, -0.05) is 34.8 Å². The van der Waals surface area contributed by atoms with Crippen molar-refractivity contribution in [1.29, 1.82) is 0 Å². The Morgan fingerprint density at radius 3 is 2.42 bits per heavy atom. The highest BCUT2D eigenvalue weighted by Crippen LogP contribution is 2.34. The van der Waals surface area contributed by atoms with E-state index in [2.05, 4.69) is 15.3 Å². The van der Waals surface area contributed by atoms with E-state index in [4.69, 9.17) is 34.8 Å². The normalized spacial score (nSPS) is 11.6. The fraction of sp³-hybridized carbons (Fsp3) is 0.130. The number of pyridine rings is 1. The van der Waals surface area contributed by atoms with Crippen LogP contribution in [0.15, 0.2) is 47.4 Å². The van der Waals surface area contributed by atoms with Gasteiger partial charge in [-0.05, 0) is 43.3 Å². The lowest BCUT2D eigenvalue weighted by Gasteiger charge is -2.16. The lowest BCUT2D eigenvalue weighted by molar-refractivity contribution is -0.138. The highest BCUT2D eigenvalue weighted by molar-refractivity contribution is 6.38. The molecule has 0 saturated carbocycles. The SMILES string of the molecule is Cc1nc2c(Cl)ccc(NC(=O)c3cc(Cl)c(O)c(Cl)c3)c2c(=O)n1Cc1ncccc1C(F)(F)F. The van der Waals surface area contributed by atoms with Gasteiger partial charge in [-0.15, -0.1) is 0 Å². The molecular formula is C23H14Cl3F3N4O3. The maximum atomic E-state index is 13.5. The van der Waals surface area contributed by atoms with E-state index in [9.17, 15) is 27.9 Å². The number of hydrogen-bond acceptors (Lipinski definition) is 5. The van der Waals surface area contributed by atoms with Crippen LogP contribution in [0.3, 0.4) is 0 Å². The van der Waals surface area contributed by atoms with Crippen LogP contribution in [0, 0.1) is 6.92 Å². The van der Waals surface area contributed by atoms with Crippen molar-refractivity contribution in [2.24, 2.45) is 0 Å². The quantitative estimate of drug-likeness (QED) is 0.317. The van der Waals surface area contributed by atoms with E-state index in [-0.39, 0.29) is 48.7 Å². The van der Waals surface area contributed by atoms with Crippen LogP contribution in [-0.2, 0) is 12.7 Å². The van der Waals surface area contributed by atoms with Crippen molar-refractivity contribution in [2.75, 3.05) is 5.32 Å². The third-order valence-electron chi connectivity index (χ3n) is 5.28. The Kier molecular flexibility index (Phi) is 6.87. The van der Waals surface area contributed by atoms with Crippen molar-refractivity contribution < 1.29 is 23.1 Å². The lowest BCUT2D eigenvalue weighted by atomic mass is 10.1. The summed E-state index contributed by atoms with van der Waals surface area (Å²) in [4.78, 5) is 34.5. The number of benzene rings is 2. The molecule has 0 aliphatic carbocycles. The second-order valence-corrected chi connectivity index (χ2v) is 8.83. The number of nitrogens with one attached hydrogen (secondary N) is 1. The molecule has 0 radical (unpaired) electrons. The summed E-state index contributed by atoms with van der Waals surface area (Å²) in [5.41, 5.74) is -2.07. The Morgan fingerprint density at radius 1 is 1.11 bits per heavy atom. The number of aromatic nitrogens is 3. The molecule has 0 spiro atoms. The van der Waals surface area contributed by atoms with E-state index in [1.807, 2.05) is 0 Å². The number of anilines is 1. The molecule has 186 valence electrons. The topological polar surface area (TPSA) is 97.1 Å². The third kappa shape index (κ3) is 4.84. The number of aromatic hydroxyl groups is 1. The van der Waals surface area contributed by atoms with Gasteiger partial charge in [0.1, 0.15) is 5.82 Å². The number of nitrogens with zero attached hydrogens (tertiary/aromatic N) is 3. The monoisotopic (exact) mass is 556 g/mol. The molecular weight excluding hydrogens is 544 g/mol. The summed E-state index contributed by atoms with van der Waals surface area (Å²) in [5, 5.41) is 11.9. The predicted octanol–water partition coefficient (Wildman–Crippen LogP) is 6.09. The fourth-order valence-corrected chi connectivity index (χ4v) is 4.24. The number of amides is 1. The van der Waals surface area contributed by atoms with Gasteiger partial charge in [-0.3, -0.25) is 19.1 Å². The van der Waals surface area contributed by atoms with E-state index in [0.717, 1.165) is 16.7 Å². The first-order valence-electron chi connectivity index (χ1n) is 10.1. The number of aryl methyl sites for hydroxylation is 1. The largest absolute Gasteiger partial charge is 0.505 e. The molecule has 7 nitrogen and oxygen atoms in total. The summed E-state index contributed by atoms with van der Waals surface area (Å²) >= 11 is 18.0. The van der Waals surface area contributed by atoms with Gasteiger partial charge in [0.05, 0.1) is 49.5 Å². The zero-order chi connectivity index (χ0) is 26.4. The van der Waals surface area contributed by atoms with E-state index in [1.54, 1.807) is 0 Å². The zero-order valence-electron chi connectivity index (χ0n) is 18.1. The molecule has 1 amide bonds. The van der Waals surface area contributed by atoms with Crippen molar-refractivity contribution in [3.8, 4) is 5.75 Å². The average molecular weight is 558 g/mol. The molecule has 36 heavy (non-hydrogen) atoms. The van der Waals surface area contributed by atoms with Gasteiger partial charge < -0.3 is 10.4 Å². The minimum absolute atomic E-state index is 0.00281. The summed E-state index contributed by atoms with van der Waals surface area (Å²) in [6, 6.07) is 7.14. The molecule has 2 heterocycles. The third-order valence-corrected chi connectivity index (χ3v) is 6.16. The second kappa shape index (κ2) is 9.61. The lowest BCUT2D eigenvalue weighted by Crippen LogP contribution is -2.27. The molecule has 2 N–H and O–H groups in total. The minimum atomic E-state index is -4.68. The summed E-state index contributed by atoms with van der Waals surface area (Å²) in [7, 11) is 0. The molecule has 2 aromatic carbocycles. The Bertz CT molecular complexity index is 1570. The maximum Gasteiger partial charge on any atom is 0.418 e. The van der Waals surface area contributed by atoms with Crippen molar-refractivity contribution >= 4 is 57.3 Å². The molecule has 4 aromatic rings. The van der Waals surface area contributed by atoms with Gasteiger partial charge in [0.15, 0.2) is 5.75 Å². The number of hydrogen-bond donors (Lipinski definition) is 2. The van der Waals surface area contributed by atoms with Gasteiger partial charge >= 0.3 is 6.18 Å². The number of carbonyl (C=O) groups is 1. The number of halogens is 6. The summed E-state index contributed by atoms with van der Waals surface area (Å²) in [6.45, 7) is 0.922. The van der Waals surface area contributed by atoms with E-state index < -0.39 is 35.5 Å². The Morgan fingerprint density at radius 2 is 1.78 bits per heavy atom. The van der Waals surface area contributed by atoms with Crippen molar-refractivity contribution in [3.63, 3.8) is 0 Å². The van der Waals surface area contributed by atoms with Crippen LogP contribution in [0.1, 0.15) is 27.4 Å². The Labute approximate surface area is 216 Å². The van der Waals surface area contributed by atoms with Gasteiger partial charge in [0, 0.05) is 11.8 Å². The summed E-state index contributed by atoms with van der Waals surface area (Å²) in [6.07, 6.45) is -3.49. The number of rotatable bonds is 4. The van der Waals surface area contributed by atoms with E-state index in [0.29, 0.717) is 0 Å². The molecule has 4 rings (SSSR count). The van der Waals surface area contributed by atoms with Gasteiger partial charge in [-0.25, -0.2) is 4.98 Å². The standard InChI is InChI=1S/C23H14Cl3F3N4O3/c1-10-31-19-13(24)4-5-16(32-21(35)11-7-14(25)20(34)15(26)8-11)18(19)22(36)33(10)9-17-12(23(27,28)29)3-2-6-30-17/h2-8,34H,9H2,1H3,(H,32,35). The molecule has 0 aliphatic rings. The van der Waals surface area contributed by atoms with Gasteiger partial charge in [-0.2, -0.15) is 13.2 Å². The average Bonchev–Trinajstić information content (AvgIpc) is 2.81. The number of carbonyl (C=O) groups excluding carboxylic acids is 1. The molecule has 0 atom stereocenters. The van der Waals surface area contributed by atoms with Crippen molar-refractivity contribution in [1.82, 2.24) is 14.5 Å². The minimum Gasteiger partial charge on any atom is -0.505 e. The number of alkyl halides is 3. The molecule has 13 heteroatoms. The molecule has 0 bridgehead atoms. The van der Waals surface area contributed by atoms with Crippen molar-refractivity contribution in [3.05, 3.63) is 90.7 Å². The van der Waals surface area contributed by atoms with Crippen LogP contribution in [0.5, 0.6) is 5.75 Å². The molecule has 0 unspecified atom stereocenters. The predicted molar refractivity (Wildman–Crippen MR) is 130 cm³/mol. The van der Waals surface area contributed by atoms with Gasteiger partial charge in [0.2, 0.25) is 0 Å². The number of phenols is 1. The number of phenolic OH excluding ortho intramolecular Hbond substituents is 1. The van der Waals surface area contributed by atoms with E-state index in [1.165, 1.54) is 37.4 Å². The first kappa shape index (κ1) is 25.7. The highest BCUT2D eigenvalue weighted by Gasteiger charge is 2.34. The van der Waals surface area contributed by atoms with Crippen LogP contribution in [0.25, 0.3) is 10.9 Å². The summed E-state index contributed by atoms with van der Waals surface area (Å²) < 4.78 is 41.4. The van der Waals surface area contributed by atoms with Gasteiger partial charge in [0.25, 0.3) is 11.5 Å². The van der Waals surface area contributed by atoms with Crippen LogP contribution >= 0.6 is 34.8 Å². The van der Waals surface area contributed by atoms with E-state index >= 15 is 0 Å². The van der Waals surface area contributed by atoms with Crippen LogP contribution in [0.2, 0.25) is 15.1 Å². The molecule has 0 saturated heterocycles. The maximum absolute atomic E-state index is 13.5.